The highest BCUT2D eigenvalue weighted by Crippen LogP contribution is 2.37. The Bertz CT molecular complexity index is 1140. The van der Waals surface area contributed by atoms with E-state index < -0.39 is 17.2 Å². The molecule has 1 aliphatic rings. The van der Waals surface area contributed by atoms with Crippen molar-refractivity contribution < 1.29 is 14.6 Å². The van der Waals surface area contributed by atoms with Crippen LogP contribution in [0.3, 0.4) is 0 Å². The Morgan fingerprint density at radius 3 is 2.41 bits per heavy atom. The van der Waals surface area contributed by atoms with Crippen molar-refractivity contribution in [1.29, 1.82) is 5.26 Å². The molecule has 8 heteroatoms. The van der Waals surface area contributed by atoms with Gasteiger partial charge in [0.25, 0.3) is 5.56 Å². The number of nitriles is 1. The van der Waals surface area contributed by atoms with Crippen LogP contribution in [0.5, 0.6) is 11.6 Å². The van der Waals surface area contributed by atoms with Gasteiger partial charge in [0.1, 0.15) is 11.6 Å². The van der Waals surface area contributed by atoms with Gasteiger partial charge in [-0.3, -0.25) is 14.2 Å². The molecule has 0 bridgehead atoms. The molecule has 0 unspecified atom stereocenters. The van der Waals surface area contributed by atoms with E-state index in [0.717, 1.165) is 44.9 Å². The van der Waals surface area contributed by atoms with Crippen molar-refractivity contribution >= 4 is 29.0 Å². The summed E-state index contributed by atoms with van der Waals surface area (Å²) in [5.74, 6) is -0.668. The fourth-order valence-corrected chi connectivity index (χ4v) is 5.14. The molecule has 1 aromatic heterocycles. The fraction of sp³-hybridized carbons (Fsp3) is 0.500. The number of ether oxygens (including phenoxy) is 1. The second kappa shape index (κ2) is 11.8. The molecule has 34 heavy (non-hydrogen) atoms. The van der Waals surface area contributed by atoms with Crippen LogP contribution in [0.1, 0.15) is 97.8 Å². The molecule has 0 amide bonds. The molecule has 6 nitrogen and oxygen atoms in total. The number of carbonyl (C=O) groups excluding carboxylic acids is 1. The molecule has 182 valence electrons. The third kappa shape index (κ3) is 5.42. The number of aromatic hydroxyl groups is 1. The lowest BCUT2D eigenvalue weighted by molar-refractivity contribution is 0.103. The lowest BCUT2D eigenvalue weighted by Gasteiger charge is -2.26. The van der Waals surface area contributed by atoms with Gasteiger partial charge in [-0.2, -0.15) is 5.26 Å². The maximum atomic E-state index is 13.5. The summed E-state index contributed by atoms with van der Waals surface area (Å²) in [6, 6.07) is 4.55. The van der Waals surface area contributed by atoms with E-state index in [-0.39, 0.29) is 38.3 Å². The van der Waals surface area contributed by atoms with Crippen LogP contribution in [-0.4, -0.2) is 22.1 Å². The van der Waals surface area contributed by atoms with Crippen LogP contribution >= 0.6 is 23.2 Å². The van der Waals surface area contributed by atoms with Gasteiger partial charge < -0.3 is 9.84 Å². The summed E-state index contributed by atoms with van der Waals surface area (Å²) in [5.41, 5.74) is -0.503. The van der Waals surface area contributed by atoms with Crippen molar-refractivity contribution in [1.82, 2.24) is 4.57 Å². The van der Waals surface area contributed by atoms with Gasteiger partial charge in [-0.1, -0.05) is 68.7 Å². The van der Waals surface area contributed by atoms with Crippen molar-refractivity contribution in [3.8, 4) is 17.7 Å². The number of rotatable bonds is 9. The molecule has 1 aliphatic carbocycles. The number of benzene rings is 1. The van der Waals surface area contributed by atoms with Gasteiger partial charge >= 0.3 is 0 Å². The van der Waals surface area contributed by atoms with E-state index in [1.807, 2.05) is 6.07 Å². The summed E-state index contributed by atoms with van der Waals surface area (Å²) >= 11 is 12.8. The van der Waals surface area contributed by atoms with Crippen molar-refractivity contribution in [3.63, 3.8) is 0 Å². The molecule has 0 saturated heterocycles. The number of hydrogen-bond acceptors (Lipinski definition) is 5. The Morgan fingerprint density at radius 1 is 1.18 bits per heavy atom. The number of aromatic nitrogens is 1. The van der Waals surface area contributed by atoms with Crippen LogP contribution in [0.2, 0.25) is 10.0 Å². The first-order chi connectivity index (χ1) is 16.3. The first-order valence-electron chi connectivity index (χ1n) is 11.9. The highest BCUT2D eigenvalue weighted by molar-refractivity contribution is 6.38. The zero-order valence-electron chi connectivity index (χ0n) is 19.6. The minimum Gasteiger partial charge on any atom is -0.494 e. The number of ketones is 1. The Kier molecular flexibility index (Phi) is 9.04. The number of hydrogen-bond donors (Lipinski definition) is 1. The number of nitrogens with zero attached hydrogens (tertiary/aromatic N) is 2. The van der Waals surface area contributed by atoms with E-state index in [0.29, 0.717) is 25.2 Å². The molecule has 0 spiro atoms. The fourth-order valence-electron chi connectivity index (χ4n) is 4.55. The third-order valence-electron chi connectivity index (χ3n) is 6.42. The number of carbonyl (C=O) groups is 1. The van der Waals surface area contributed by atoms with Crippen molar-refractivity contribution in [2.75, 3.05) is 6.61 Å². The van der Waals surface area contributed by atoms with Gasteiger partial charge in [0.15, 0.2) is 11.5 Å². The van der Waals surface area contributed by atoms with Gasteiger partial charge in [0, 0.05) is 11.6 Å². The molecule has 1 aromatic carbocycles. The molecule has 0 atom stereocenters. The van der Waals surface area contributed by atoms with Crippen molar-refractivity contribution in [2.45, 2.75) is 77.7 Å². The normalized spacial score (nSPS) is 14.1. The summed E-state index contributed by atoms with van der Waals surface area (Å²) < 4.78 is 6.96. The zero-order valence-corrected chi connectivity index (χ0v) is 21.1. The number of halogens is 2. The van der Waals surface area contributed by atoms with Crippen LogP contribution in [0.25, 0.3) is 0 Å². The molecule has 1 saturated carbocycles. The molecule has 1 fully saturated rings. The molecule has 0 aliphatic heterocycles. The Morgan fingerprint density at radius 2 is 1.82 bits per heavy atom. The summed E-state index contributed by atoms with van der Waals surface area (Å²) in [6.07, 6.45) is 8.45. The summed E-state index contributed by atoms with van der Waals surface area (Å²) in [5, 5.41) is 21.1. The van der Waals surface area contributed by atoms with Crippen LogP contribution < -0.4 is 10.3 Å². The van der Waals surface area contributed by atoms with Gasteiger partial charge in [-0.15, -0.1) is 0 Å². The average Bonchev–Trinajstić information content (AvgIpc) is 2.81. The number of unbranched alkanes of at least 4 members (excludes halogenated alkanes) is 3. The zero-order chi connectivity index (χ0) is 24.8. The Balaban J connectivity index is 1.99. The van der Waals surface area contributed by atoms with Crippen molar-refractivity contribution in [3.05, 3.63) is 54.8 Å². The maximum absolute atomic E-state index is 13.5. The van der Waals surface area contributed by atoms with Gasteiger partial charge in [0.05, 0.1) is 22.2 Å². The standard InChI is InChI=1S/C26H30Cl2N2O4/c1-3-4-5-9-12-34-24-20(27)13-17(14-21(24)28)23(31)22-16(2)19(15-29)25(32)30(26(22)33)18-10-7-6-8-11-18/h13-14,18,33H,3-12H2,1-2H3. The van der Waals surface area contributed by atoms with Gasteiger partial charge in [-0.25, -0.2) is 0 Å². The van der Waals surface area contributed by atoms with Gasteiger partial charge in [-0.05, 0) is 43.9 Å². The topological polar surface area (TPSA) is 92.3 Å². The SMILES string of the molecule is CCCCCCOc1c(Cl)cc(C(=O)c2c(C)c(C#N)c(=O)n(C3CCCCC3)c2O)cc1Cl. The summed E-state index contributed by atoms with van der Waals surface area (Å²) in [4.78, 5) is 26.5. The van der Waals surface area contributed by atoms with Crippen LogP contribution in [0.15, 0.2) is 16.9 Å². The molecule has 3 rings (SSSR count). The second-order valence-electron chi connectivity index (χ2n) is 8.78. The maximum Gasteiger partial charge on any atom is 0.271 e. The molecule has 2 aromatic rings. The second-order valence-corrected chi connectivity index (χ2v) is 9.60. The molecule has 0 radical (unpaired) electrons. The average molecular weight is 505 g/mol. The smallest absolute Gasteiger partial charge is 0.271 e. The third-order valence-corrected chi connectivity index (χ3v) is 6.98. The predicted octanol–water partition coefficient (Wildman–Crippen LogP) is 6.74. The minimum absolute atomic E-state index is 0.0814. The lowest BCUT2D eigenvalue weighted by atomic mass is 9.93. The highest BCUT2D eigenvalue weighted by atomic mass is 35.5. The van der Waals surface area contributed by atoms with E-state index in [1.165, 1.54) is 23.6 Å². The first kappa shape index (κ1) is 26.1. The molecular formula is C26H30Cl2N2O4. The van der Waals surface area contributed by atoms with E-state index in [1.54, 1.807) is 0 Å². The monoisotopic (exact) mass is 504 g/mol. The molecule has 1 N–H and O–H groups in total. The Labute approximate surface area is 210 Å². The lowest BCUT2D eigenvalue weighted by Crippen LogP contribution is -2.31. The van der Waals surface area contributed by atoms with E-state index in [9.17, 15) is 20.0 Å². The summed E-state index contributed by atoms with van der Waals surface area (Å²) in [7, 11) is 0. The minimum atomic E-state index is -0.566. The summed E-state index contributed by atoms with van der Waals surface area (Å²) in [6.45, 7) is 4.09. The Hall–Kier alpha value is -2.49. The predicted molar refractivity (Wildman–Crippen MR) is 133 cm³/mol. The van der Waals surface area contributed by atoms with Crippen molar-refractivity contribution in [2.24, 2.45) is 0 Å². The first-order valence-corrected chi connectivity index (χ1v) is 12.6. The van der Waals surface area contributed by atoms with Crippen LogP contribution in [0, 0.1) is 18.3 Å². The van der Waals surface area contributed by atoms with E-state index >= 15 is 0 Å². The number of pyridine rings is 1. The van der Waals surface area contributed by atoms with E-state index in [2.05, 4.69) is 6.92 Å². The van der Waals surface area contributed by atoms with Gasteiger partial charge in [0.2, 0.25) is 5.88 Å². The van der Waals surface area contributed by atoms with Crippen LogP contribution in [0.4, 0.5) is 0 Å². The van der Waals surface area contributed by atoms with Crippen LogP contribution in [-0.2, 0) is 0 Å². The molecular weight excluding hydrogens is 475 g/mol. The quantitative estimate of drug-likeness (QED) is 0.301. The van der Waals surface area contributed by atoms with E-state index in [4.69, 9.17) is 27.9 Å². The molecule has 1 heterocycles. The largest absolute Gasteiger partial charge is 0.494 e. The highest BCUT2D eigenvalue weighted by Gasteiger charge is 2.29.